The summed E-state index contributed by atoms with van der Waals surface area (Å²) in [6.45, 7) is 7.06. The molecular weight excluding hydrogens is 262 g/mol. The summed E-state index contributed by atoms with van der Waals surface area (Å²) in [4.78, 5) is 19.1. The SMILES string of the molecule is CCN(CCNc1nc(C(=O)OC)c(C)s1)C1CC1. The highest BCUT2D eigenvalue weighted by molar-refractivity contribution is 7.15. The van der Waals surface area contributed by atoms with Crippen molar-refractivity contribution in [1.82, 2.24) is 9.88 Å². The summed E-state index contributed by atoms with van der Waals surface area (Å²) in [7, 11) is 1.38. The van der Waals surface area contributed by atoms with E-state index in [1.807, 2.05) is 6.92 Å². The smallest absolute Gasteiger partial charge is 0.357 e. The molecule has 1 aliphatic carbocycles. The second-order valence-electron chi connectivity index (χ2n) is 4.70. The van der Waals surface area contributed by atoms with Gasteiger partial charge in [0.05, 0.1) is 7.11 Å². The summed E-state index contributed by atoms with van der Waals surface area (Å²) in [5.74, 6) is -0.366. The fourth-order valence-electron chi connectivity index (χ4n) is 2.10. The Morgan fingerprint density at radius 1 is 1.58 bits per heavy atom. The van der Waals surface area contributed by atoms with Crippen molar-refractivity contribution in [2.75, 3.05) is 32.1 Å². The van der Waals surface area contributed by atoms with Crippen molar-refractivity contribution in [3.63, 3.8) is 0 Å². The monoisotopic (exact) mass is 283 g/mol. The molecule has 2 rings (SSSR count). The minimum Gasteiger partial charge on any atom is -0.464 e. The predicted molar refractivity (Wildman–Crippen MR) is 76.9 cm³/mol. The Morgan fingerprint density at radius 3 is 2.89 bits per heavy atom. The van der Waals surface area contributed by atoms with Crippen LogP contribution < -0.4 is 5.32 Å². The maximum absolute atomic E-state index is 11.5. The quantitative estimate of drug-likeness (QED) is 0.777. The summed E-state index contributed by atoms with van der Waals surface area (Å²) in [5.41, 5.74) is 0.421. The molecule has 0 atom stereocenters. The van der Waals surface area contributed by atoms with Gasteiger partial charge in [0.2, 0.25) is 0 Å². The second-order valence-corrected chi connectivity index (χ2v) is 5.91. The van der Waals surface area contributed by atoms with Gasteiger partial charge in [0.1, 0.15) is 0 Å². The molecule has 1 aliphatic rings. The average molecular weight is 283 g/mol. The molecule has 0 unspecified atom stereocenters. The normalized spacial score (nSPS) is 14.7. The van der Waals surface area contributed by atoms with Crippen molar-refractivity contribution in [3.05, 3.63) is 10.6 Å². The molecule has 106 valence electrons. The van der Waals surface area contributed by atoms with E-state index in [4.69, 9.17) is 4.74 Å². The average Bonchev–Trinajstić information content (AvgIpc) is 3.18. The van der Waals surface area contributed by atoms with Gasteiger partial charge in [-0.25, -0.2) is 9.78 Å². The molecule has 1 N–H and O–H groups in total. The zero-order chi connectivity index (χ0) is 13.8. The number of carbonyl (C=O) groups is 1. The number of nitrogens with one attached hydrogen (secondary N) is 1. The molecular formula is C13H21N3O2S. The number of aryl methyl sites for hydroxylation is 1. The van der Waals surface area contributed by atoms with Gasteiger partial charge < -0.3 is 10.1 Å². The molecule has 0 bridgehead atoms. The Morgan fingerprint density at radius 2 is 2.32 bits per heavy atom. The van der Waals surface area contributed by atoms with Crippen LogP contribution in [-0.4, -0.2) is 48.6 Å². The molecule has 5 nitrogen and oxygen atoms in total. The third-order valence-electron chi connectivity index (χ3n) is 3.32. The molecule has 19 heavy (non-hydrogen) atoms. The van der Waals surface area contributed by atoms with E-state index in [1.54, 1.807) is 0 Å². The fourth-order valence-corrected chi connectivity index (χ4v) is 2.93. The number of thiazole rings is 1. The number of anilines is 1. The van der Waals surface area contributed by atoms with Crippen LogP contribution >= 0.6 is 11.3 Å². The van der Waals surface area contributed by atoms with Crippen LogP contribution in [0.3, 0.4) is 0 Å². The van der Waals surface area contributed by atoms with Crippen molar-refractivity contribution < 1.29 is 9.53 Å². The standard InChI is InChI=1S/C13H21N3O2S/c1-4-16(10-5-6-10)8-7-14-13-15-11(9(2)19-13)12(17)18-3/h10H,4-8H2,1-3H3,(H,14,15). The van der Waals surface area contributed by atoms with Gasteiger partial charge in [-0.3, -0.25) is 4.90 Å². The summed E-state index contributed by atoms with van der Waals surface area (Å²) in [6.07, 6.45) is 2.66. The number of nitrogens with zero attached hydrogens (tertiary/aromatic N) is 2. The molecule has 0 aliphatic heterocycles. The highest BCUT2D eigenvalue weighted by Crippen LogP contribution is 2.26. The maximum Gasteiger partial charge on any atom is 0.357 e. The first kappa shape index (κ1) is 14.3. The number of hydrogen-bond donors (Lipinski definition) is 1. The van der Waals surface area contributed by atoms with Crippen LogP contribution in [0.5, 0.6) is 0 Å². The van der Waals surface area contributed by atoms with Crippen LogP contribution in [0.4, 0.5) is 5.13 Å². The van der Waals surface area contributed by atoms with Gasteiger partial charge in [0.25, 0.3) is 0 Å². The zero-order valence-corrected chi connectivity index (χ0v) is 12.5. The lowest BCUT2D eigenvalue weighted by Crippen LogP contribution is -2.30. The van der Waals surface area contributed by atoms with E-state index in [1.165, 1.54) is 31.3 Å². The van der Waals surface area contributed by atoms with Crippen molar-refractivity contribution in [2.45, 2.75) is 32.7 Å². The Labute approximate surface area is 118 Å². The Hall–Kier alpha value is -1.14. The van der Waals surface area contributed by atoms with Crippen LogP contribution in [0.1, 0.15) is 35.1 Å². The number of carbonyl (C=O) groups excluding carboxylic acids is 1. The maximum atomic E-state index is 11.5. The molecule has 0 saturated heterocycles. The van der Waals surface area contributed by atoms with Gasteiger partial charge >= 0.3 is 5.97 Å². The molecule has 1 aromatic heterocycles. The topological polar surface area (TPSA) is 54.5 Å². The summed E-state index contributed by atoms with van der Waals surface area (Å²) >= 11 is 1.50. The Kier molecular flexibility index (Phi) is 4.76. The molecule has 6 heteroatoms. The van der Waals surface area contributed by atoms with E-state index in [-0.39, 0.29) is 5.97 Å². The van der Waals surface area contributed by atoms with Crippen molar-refractivity contribution >= 4 is 22.4 Å². The largest absolute Gasteiger partial charge is 0.464 e. The molecule has 1 fully saturated rings. The lowest BCUT2D eigenvalue weighted by Gasteiger charge is -2.19. The molecule has 0 radical (unpaired) electrons. The lowest BCUT2D eigenvalue weighted by molar-refractivity contribution is 0.0594. The van der Waals surface area contributed by atoms with E-state index in [2.05, 4.69) is 22.1 Å². The number of rotatable bonds is 7. The molecule has 1 saturated carbocycles. The first-order chi connectivity index (χ1) is 9.15. The van der Waals surface area contributed by atoms with Crippen LogP contribution in [0.15, 0.2) is 0 Å². The number of ether oxygens (including phenoxy) is 1. The second kappa shape index (κ2) is 6.34. The van der Waals surface area contributed by atoms with Gasteiger partial charge in [-0.15, -0.1) is 11.3 Å². The van der Waals surface area contributed by atoms with E-state index in [0.717, 1.165) is 35.7 Å². The number of hydrogen-bond acceptors (Lipinski definition) is 6. The van der Waals surface area contributed by atoms with Crippen molar-refractivity contribution in [1.29, 1.82) is 0 Å². The molecule has 0 amide bonds. The van der Waals surface area contributed by atoms with E-state index < -0.39 is 0 Å². The van der Waals surface area contributed by atoms with E-state index in [0.29, 0.717) is 5.69 Å². The number of methoxy groups -OCH3 is 1. The first-order valence-corrected chi connectivity index (χ1v) is 7.51. The van der Waals surface area contributed by atoms with Gasteiger partial charge in [-0.2, -0.15) is 0 Å². The zero-order valence-electron chi connectivity index (χ0n) is 11.7. The first-order valence-electron chi connectivity index (χ1n) is 6.69. The Balaban J connectivity index is 1.84. The summed E-state index contributed by atoms with van der Waals surface area (Å²) in [6, 6.07) is 0.787. The molecule has 1 aromatic rings. The third kappa shape index (κ3) is 3.67. The van der Waals surface area contributed by atoms with E-state index >= 15 is 0 Å². The fraction of sp³-hybridized carbons (Fsp3) is 0.692. The van der Waals surface area contributed by atoms with Crippen LogP contribution in [-0.2, 0) is 4.74 Å². The van der Waals surface area contributed by atoms with Crippen LogP contribution in [0.25, 0.3) is 0 Å². The highest BCUT2D eigenvalue weighted by atomic mass is 32.1. The van der Waals surface area contributed by atoms with Crippen LogP contribution in [0, 0.1) is 6.92 Å². The predicted octanol–water partition coefficient (Wildman–Crippen LogP) is 2.13. The highest BCUT2D eigenvalue weighted by Gasteiger charge is 2.27. The number of aromatic nitrogens is 1. The molecule has 0 aromatic carbocycles. The number of likely N-dealkylation sites (N-methyl/N-ethyl adjacent to an activating group) is 1. The number of esters is 1. The summed E-state index contributed by atoms with van der Waals surface area (Å²) in [5, 5.41) is 4.09. The van der Waals surface area contributed by atoms with Gasteiger partial charge in [0.15, 0.2) is 10.8 Å². The van der Waals surface area contributed by atoms with Gasteiger partial charge in [-0.1, -0.05) is 6.92 Å². The molecule has 1 heterocycles. The van der Waals surface area contributed by atoms with Crippen LogP contribution in [0.2, 0.25) is 0 Å². The third-order valence-corrected chi connectivity index (χ3v) is 4.25. The lowest BCUT2D eigenvalue weighted by atomic mass is 10.4. The summed E-state index contributed by atoms with van der Waals surface area (Å²) < 4.78 is 4.70. The van der Waals surface area contributed by atoms with E-state index in [9.17, 15) is 4.79 Å². The minimum atomic E-state index is -0.366. The van der Waals surface area contributed by atoms with Gasteiger partial charge in [-0.05, 0) is 26.3 Å². The minimum absolute atomic E-state index is 0.366. The van der Waals surface area contributed by atoms with Crippen molar-refractivity contribution in [2.24, 2.45) is 0 Å². The Bertz CT molecular complexity index is 443. The van der Waals surface area contributed by atoms with Crippen molar-refractivity contribution in [3.8, 4) is 0 Å². The molecule has 0 spiro atoms. The van der Waals surface area contributed by atoms with Gasteiger partial charge in [0, 0.05) is 24.0 Å².